The van der Waals surface area contributed by atoms with Crippen LogP contribution in [0.2, 0.25) is 0 Å². The summed E-state index contributed by atoms with van der Waals surface area (Å²) in [5.41, 5.74) is 2.61. The number of nitrogens with zero attached hydrogens (tertiary/aromatic N) is 1. The molecule has 0 amide bonds. The number of benzene rings is 1. The van der Waals surface area contributed by atoms with Crippen molar-refractivity contribution in [2.45, 2.75) is 6.61 Å². The van der Waals surface area contributed by atoms with Crippen molar-refractivity contribution in [2.75, 3.05) is 5.32 Å². The molecule has 2 rings (SSSR count). The molecule has 0 bridgehead atoms. The Morgan fingerprint density at radius 2 is 1.87 bits per heavy atom. The van der Waals surface area contributed by atoms with Gasteiger partial charge in [0.2, 0.25) is 0 Å². The first-order chi connectivity index (χ1) is 7.38. The molecule has 3 heteroatoms. The number of hydrogen-bond donors (Lipinski definition) is 2. The van der Waals surface area contributed by atoms with Gasteiger partial charge in [-0.1, -0.05) is 18.2 Å². The molecule has 76 valence electrons. The SMILES string of the molecule is OCc1cc(Nc2ccccc2)ccn1. The molecule has 0 spiro atoms. The molecule has 15 heavy (non-hydrogen) atoms. The summed E-state index contributed by atoms with van der Waals surface area (Å²) >= 11 is 0. The lowest BCUT2D eigenvalue weighted by atomic mass is 10.3. The predicted octanol–water partition coefficient (Wildman–Crippen LogP) is 2.32. The van der Waals surface area contributed by atoms with Crippen LogP contribution in [0.25, 0.3) is 0 Å². The quantitative estimate of drug-likeness (QED) is 0.799. The van der Waals surface area contributed by atoms with E-state index in [0.29, 0.717) is 5.69 Å². The Morgan fingerprint density at radius 1 is 1.07 bits per heavy atom. The molecule has 0 aliphatic carbocycles. The van der Waals surface area contributed by atoms with Crippen molar-refractivity contribution >= 4 is 11.4 Å². The molecule has 0 atom stereocenters. The van der Waals surface area contributed by atoms with Crippen LogP contribution in [0.1, 0.15) is 5.69 Å². The summed E-state index contributed by atoms with van der Waals surface area (Å²) < 4.78 is 0. The van der Waals surface area contributed by atoms with Gasteiger partial charge in [-0.15, -0.1) is 0 Å². The highest BCUT2D eigenvalue weighted by Gasteiger charge is 1.96. The van der Waals surface area contributed by atoms with Crippen LogP contribution in [-0.4, -0.2) is 10.1 Å². The smallest absolute Gasteiger partial charge is 0.0853 e. The van der Waals surface area contributed by atoms with Crippen molar-refractivity contribution in [3.05, 3.63) is 54.4 Å². The third-order valence-corrected chi connectivity index (χ3v) is 2.04. The largest absolute Gasteiger partial charge is 0.390 e. The monoisotopic (exact) mass is 200 g/mol. The second-order valence-electron chi connectivity index (χ2n) is 3.18. The summed E-state index contributed by atoms with van der Waals surface area (Å²) in [5, 5.41) is 12.2. The van der Waals surface area contributed by atoms with E-state index in [9.17, 15) is 0 Å². The fraction of sp³-hybridized carbons (Fsp3) is 0.0833. The van der Waals surface area contributed by atoms with E-state index in [1.807, 2.05) is 42.5 Å². The molecule has 3 nitrogen and oxygen atoms in total. The molecule has 0 aliphatic rings. The van der Waals surface area contributed by atoms with Crippen LogP contribution >= 0.6 is 0 Å². The minimum Gasteiger partial charge on any atom is -0.390 e. The van der Waals surface area contributed by atoms with Crippen LogP contribution in [0.4, 0.5) is 11.4 Å². The van der Waals surface area contributed by atoms with Crippen LogP contribution < -0.4 is 5.32 Å². The van der Waals surface area contributed by atoms with E-state index in [1.165, 1.54) is 0 Å². The molecular weight excluding hydrogens is 188 g/mol. The normalized spacial score (nSPS) is 9.93. The fourth-order valence-corrected chi connectivity index (χ4v) is 1.33. The van der Waals surface area contributed by atoms with E-state index in [4.69, 9.17) is 5.11 Å². The second-order valence-corrected chi connectivity index (χ2v) is 3.18. The first-order valence-corrected chi connectivity index (χ1v) is 4.76. The number of nitrogens with one attached hydrogen (secondary N) is 1. The number of aromatic nitrogens is 1. The van der Waals surface area contributed by atoms with Crippen LogP contribution in [0.5, 0.6) is 0 Å². The highest BCUT2D eigenvalue weighted by atomic mass is 16.3. The molecule has 1 heterocycles. The van der Waals surface area contributed by atoms with Gasteiger partial charge in [-0.3, -0.25) is 4.98 Å². The summed E-state index contributed by atoms with van der Waals surface area (Å²) in [6.45, 7) is -0.0374. The Kier molecular flexibility index (Phi) is 2.95. The lowest BCUT2D eigenvalue weighted by Crippen LogP contribution is -1.93. The average molecular weight is 200 g/mol. The number of rotatable bonds is 3. The van der Waals surface area contributed by atoms with Gasteiger partial charge < -0.3 is 10.4 Å². The number of aliphatic hydroxyl groups is 1. The zero-order chi connectivity index (χ0) is 10.5. The summed E-state index contributed by atoms with van der Waals surface area (Å²) in [4.78, 5) is 4.01. The number of para-hydroxylation sites is 1. The second kappa shape index (κ2) is 4.57. The number of pyridine rings is 1. The van der Waals surface area contributed by atoms with E-state index in [2.05, 4.69) is 10.3 Å². The number of aliphatic hydroxyl groups excluding tert-OH is 1. The zero-order valence-electron chi connectivity index (χ0n) is 8.22. The van der Waals surface area contributed by atoms with Crippen molar-refractivity contribution in [1.29, 1.82) is 0 Å². The van der Waals surface area contributed by atoms with Gasteiger partial charge >= 0.3 is 0 Å². The highest BCUT2D eigenvalue weighted by molar-refractivity contribution is 5.59. The van der Waals surface area contributed by atoms with Gasteiger partial charge in [-0.2, -0.15) is 0 Å². The minimum absolute atomic E-state index is 0.0374. The first-order valence-electron chi connectivity index (χ1n) is 4.76. The summed E-state index contributed by atoms with van der Waals surface area (Å²) in [5.74, 6) is 0. The molecule has 2 aromatic rings. The molecule has 0 fully saturated rings. The molecule has 2 N–H and O–H groups in total. The Bertz CT molecular complexity index is 429. The lowest BCUT2D eigenvalue weighted by molar-refractivity contribution is 0.277. The van der Waals surface area contributed by atoms with Gasteiger partial charge in [0.15, 0.2) is 0 Å². The van der Waals surface area contributed by atoms with Gasteiger partial charge in [0.25, 0.3) is 0 Å². The Balaban J connectivity index is 2.17. The van der Waals surface area contributed by atoms with Crippen molar-refractivity contribution in [3.8, 4) is 0 Å². The van der Waals surface area contributed by atoms with E-state index in [1.54, 1.807) is 6.20 Å². The highest BCUT2D eigenvalue weighted by Crippen LogP contribution is 2.15. The predicted molar refractivity (Wildman–Crippen MR) is 59.9 cm³/mol. The first kappa shape index (κ1) is 9.68. The number of anilines is 2. The topological polar surface area (TPSA) is 45.1 Å². The van der Waals surface area contributed by atoms with E-state index >= 15 is 0 Å². The van der Waals surface area contributed by atoms with E-state index in [0.717, 1.165) is 11.4 Å². The molecule has 0 aliphatic heterocycles. The van der Waals surface area contributed by atoms with Crippen molar-refractivity contribution in [2.24, 2.45) is 0 Å². The van der Waals surface area contributed by atoms with Crippen molar-refractivity contribution < 1.29 is 5.11 Å². The van der Waals surface area contributed by atoms with Crippen LogP contribution in [-0.2, 0) is 6.61 Å². The maximum absolute atomic E-state index is 8.94. The van der Waals surface area contributed by atoms with Crippen molar-refractivity contribution in [1.82, 2.24) is 4.98 Å². The Labute approximate surface area is 88.4 Å². The van der Waals surface area contributed by atoms with Crippen LogP contribution in [0, 0.1) is 0 Å². The third-order valence-electron chi connectivity index (χ3n) is 2.04. The number of hydrogen-bond acceptors (Lipinski definition) is 3. The van der Waals surface area contributed by atoms with Gasteiger partial charge in [0, 0.05) is 17.6 Å². The Hall–Kier alpha value is -1.87. The van der Waals surface area contributed by atoms with E-state index < -0.39 is 0 Å². The molecule has 0 radical (unpaired) electrons. The van der Waals surface area contributed by atoms with Crippen LogP contribution in [0.3, 0.4) is 0 Å². The summed E-state index contributed by atoms with van der Waals surface area (Å²) in [7, 11) is 0. The summed E-state index contributed by atoms with van der Waals surface area (Å²) in [6.07, 6.45) is 1.68. The van der Waals surface area contributed by atoms with Crippen LogP contribution in [0.15, 0.2) is 48.7 Å². The maximum Gasteiger partial charge on any atom is 0.0853 e. The van der Waals surface area contributed by atoms with Crippen molar-refractivity contribution in [3.63, 3.8) is 0 Å². The van der Waals surface area contributed by atoms with Gasteiger partial charge in [-0.25, -0.2) is 0 Å². The molecule has 1 aromatic heterocycles. The maximum atomic E-state index is 8.94. The fourth-order valence-electron chi connectivity index (χ4n) is 1.33. The Morgan fingerprint density at radius 3 is 2.60 bits per heavy atom. The standard InChI is InChI=1S/C12H12N2O/c15-9-12-8-11(6-7-13-12)14-10-4-2-1-3-5-10/h1-8,15H,9H2,(H,13,14). The molecular formula is C12H12N2O. The minimum atomic E-state index is -0.0374. The van der Waals surface area contributed by atoms with Gasteiger partial charge in [0.05, 0.1) is 12.3 Å². The van der Waals surface area contributed by atoms with Gasteiger partial charge in [-0.05, 0) is 24.3 Å². The summed E-state index contributed by atoms with van der Waals surface area (Å²) in [6, 6.07) is 13.6. The zero-order valence-corrected chi connectivity index (χ0v) is 8.22. The molecule has 0 saturated carbocycles. The molecule has 0 saturated heterocycles. The van der Waals surface area contributed by atoms with E-state index in [-0.39, 0.29) is 6.61 Å². The molecule has 1 aromatic carbocycles. The average Bonchev–Trinajstić information content (AvgIpc) is 2.31. The lowest BCUT2D eigenvalue weighted by Gasteiger charge is -2.06. The third kappa shape index (κ3) is 2.54. The van der Waals surface area contributed by atoms with Gasteiger partial charge in [0.1, 0.15) is 0 Å². The molecule has 0 unspecified atom stereocenters.